The van der Waals surface area contributed by atoms with Gasteiger partial charge in [0.1, 0.15) is 5.69 Å². The molecule has 0 spiro atoms. The summed E-state index contributed by atoms with van der Waals surface area (Å²) in [5.74, 6) is -0.621. The number of carbonyl (C=O) groups is 1. The number of amides is 1. The van der Waals surface area contributed by atoms with Gasteiger partial charge in [0.2, 0.25) is 5.91 Å². The van der Waals surface area contributed by atoms with E-state index < -0.39 is 11.4 Å². The third-order valence-corrected chi connectivity index (χ3v) is 6.10. The minimum Gasteiger partial charge on any atom is -0.366 e. The van der Waals surface area contributed by atoms with E-state index >= 15 is 0 Å². The van der Waals surface area contributed by atoms with Crippen LogP contribution in [0.4, 0.5) is 0 Å². The first kappa shape index (κ1) is 20.3. The lowest BCUT2D eigenvalue weighted by atomic mass is 9.68. The molecule has 0 unspecified atom stereocenters. The van der Waals surface area contributed by atoms with Gasteiger partial charge in [0.15, 0.2) is 0 Å². The van der Waals surface area contributed by atoms with Crippen LogP contribution in [0.15, 0.2) is 55.0 Å². The number of aromatic nitrogens is 5. The van der Waals surface area contributed by atoms with Crippen molar-refractivity contribution in [3.63, 3.8) is 0 Å². The van der Waals surface area contributed by atoms with E-state index in [0.717, 1.165) is 22.0 Å². The SMILES string of the molecule is N#CC[C@]1(n2ncc(-c3cc(-c4cc(C(N)=O)ccn4)cc4ncccc34)n2)C[C@@H](C#N)C1. The number of benzene rings is 1. The number of nitrogens with two attached hydrogens (primary N) is 1. The Kier molecular flexibility index (Phi) is 4.80. The summed E-state index contributed by atoms with van der Waals surface area (Å²) in [5.41, 5.74) is 8.75. The van der Waals surface area contributed by atoms with E-state index in [1.165, 1.54) is 0 Å². The molecule has 1 aliphatic carbocycles. The lowest BCUT2D eigenvalue weighted by Gasteiger charge is -2.42. The summed E-state index contributed by atoms with van der Waals surface area (Å²) < 4.78 is 0. The fourth-order valence-electron chi connectivity index (χ4n) is 4.37. The van der Waals surface area contributed by atoms with Crippen molar-refractivity contribution in [2.24, 2.45) is 11.7 Å². The minimum absolute atomic E-state index is 0.0928. The number of pyridine rings is 2. The Bertz CT molecular complexity index is 1470. The van der Waals surface area contributed by atoms with Crippen molar-refractivity contribution >= 4 is 16.8 Å². The van der Waals surface area contributed by atoms with Crippen molar-refractivity contribution < 1.29 is 4.79 Å². The zero-order valence-electron chi connectivity index (χ0n) is 17.5. The third kappa shape index (κ3) is 3.46. The van der Waals surface area contributed by atoms with Gasteiger partial charge in [-0.25, -0.2) is 0 Å². The third-order valence-electron chi connectivity index (χ3n) is 6.10. The number of nitriles is 2. The second-order valence-electron chi connectivity index (χ2n) is 8.20. The van der Waals surface area contributed by atoms with Gasteiger partial charge in [-0.15, -0.1) is 0 Å². The summed E-state index contributed by atoms with van der Waals surface area (Å²) in [6.45, 7) is 0. The molecule has 1 aliphatic rings. The van der Waals surface area contributed by atoms with Crippen molar-refractivity contribution in [1.82, 2.24) is 25.0 Å². The predicted molar refractivity (Wildman–Crippen MR) is 119 cm³/mol. The summed E-state index contributed by atoms with van der Waals surface area (Å²) in [6, 6.07) is 15.3. The van der Waals surface area contributed by atoms with E-state index in [4.69, 9.17) is 10.8 Å². The van der Waals surface area contributed by atoms with Crippen LogP contribution >= 0.6 is 0 Å². The van der Waals surface area contributed by atoms with Gasteiger partial charge in [0.05, 0.1) is 47.4 Å². The van der Waals surface area contributed by atoms with Crippen LogP contribution in [0.5, 0.6) is 0 Å². The summed E-state index contributed by atoms with van der Waals surface area (Å²) in [7, 11) is 0. The monoisotopic (exact) mass is 434 g/mol. The molecule has 9 nitrogen and oxygen atoms in total. The topological polar surface area (TPSA) is 147 Å². The van der Waals surface area contributed by atoms with Gasteiger partial charge in [0, 0.05) is 34.5 Å². The van der Waals surface area contributed by atoms with Crippen LogP contribution in [-0.2, 0) is 5.54 Å². The van der Waals surface area contributed by atoms with Crippen LogP contribution in [0.3, 0.4) is 0 Å². The molecule has 2 N–H and O–H groups in total. The maximum atomic E-state index is 11.6. The molecular weight excluding hydrogens is 416 g/mol. The molecule has 0 saturated heterocycles. The van der Waals surface area contributed by atoms with Gasteiger partial charge < -0.3 is 5.73 Å². The van der Waals surface area contributed by atoms with E-state index in [-0.39, 0.29) is 12.3 Å². The quantitative estimate of drug-likeness (QED) is 0.507. The minimum atomic E-state index is -0.559. The Labute approximate surface area is 189 Å². The maximum absolute atomic E-state index is 11.6. The molecule has 5 rings (SSSR count). The number of hydrogen-bond donors (Lipinski definition) is 1. The summed E-state index contributed by atoms with van der Waals surface area (Å²) >= 11 is 0. The van der Waals surface area contributed by atoms with E-state index in [2.05, 4.69) is 27.2 Å². The Morgan fingerprint density at radius 3 is 2.76 bits per heavy atom. The highest BCUT2D eigenvalue weighted by Crippen LogP contribution is 2.45. The predicted octanol–water partition coefficient (Wildman–Crippen LogP) is 3.20. The average Bonchev–Trinajstić information content (AvgIpc) is 3.31. The normalized spacial score (nSPS) is 19.4. The molecule has 1 aromatic carbocycles. The summed E-state index contributed by atoms with van der Waals surface area (Å²) in [4.78, 5) is 22.1. The molecule has 3 heterocycles. The van der Waals surface area contributed by atoms with Crippen LogP contribution < -0.4 is 5.73 Å². The number of carbonyl (C=O) groups excluding carboxylic acids is 1. The number of rotatable bonds is 5. The largest absolute Gasteiger partial charge is 0.366 e. The smallest absolute Gasteiger partial charge is 0.248 e. The molecule has 0 bridgehead atoms. The van der Waals surface area contributed by atoms with Gasteiger partial charge in [-0.1, -0.05) is 6.07 Å². The summed E-state index contributed by atoms with van der Waals surface area (Å²) in [5, 5.41) is 28.6. The molecule has 0 radical (unpaired) electrons. The highest BCUT2D eigenvalue weighted by molar-refractivity contribution is 5.98. The zero-order valence-corrected chi connectivity index (χ0v) is 17.5. The second kappa shape index (κ2) is 7.81. The average molecular weight is 434 g/mol. The van der Waals surface area contributed by atoms with Gasteiger partial charge in [-0.3, -0.25) is 14.8 Å². The molecule has 33 heavy (non-hydrogen) atoms. The van der Waals surface area contributed by atoms with Gasteiger partial charge in [-0.2, -0.15) is 25.5 Å². The van der Waals surface area contributed by atoms with Crippen molar-refractivity contribution in [3.05, 3.63) is 60.6 Å². The van der Waals surface area contributed by atoms with Crippen molar-refractivity contribution in [3.8, 4) is 34.7 Å². The first-order chi connectivity index (χ1) is 16.0. The fraction of sp³-hybridized carbons (Fsp3) is 0.208. The Balaban J connectivity index is 1.62. The first-order valence-electron chi connectivity index (χ1n) is 10.4. The molecule has 0 aliphatic heterocycles. The number of hydrogen-bond acceptors (Lipinski definition) is 7. The lowest BCUT2D eigenvalue weighted by molar-refractivity contribution is 0.0713. The number of primary amides is 1. The molecule has 160 valence electrons. The fourth-order valence-corrected chi connectivity index (χ4v) is 4.37. The van der Waals surface area contributed by atoms with E-state index in [1.807, 2.05) is 24.3 Å². The van der Waals surface area contributed by atoms with Crippen LogP contribution in [0.2, 0.25) is 0 Å². The molecular formula is C24H18N8O. The van der Waals surface area contributed by atoms with Gasteiger partial charge in [0.25, 0.3) is 0 Å². The molecule has 3 aromatic heterocycles. The molecule has 1 amide bonds. The van der Waals surface area contributed by atoms with Crippen LogP contribution in [0, 0.1) is 28.6 Å². The van der Waals surface area contributed by atoms with Gasteiger partial charge >= 0.3 is 0 Å². The van der Waals surface area contributed by atoms with Crippen molar-refractivity contribution in [1.29, 1.82) is 10.5 Å². The highest BCUT2D eigenvalue weighted by atomic mass is 16.1. The highest BCUT2D eigenvalue weighted by Gasteiger charge is 2.48. The Morgan fingerprint density at radius 2 is 2.00 bits per heavy atom. The van der Waals surface area contributed by atoms with Crippen LogP contribution in [0.25, 0.3) is 33.4 Å². The standard InChI is InChI=1S/C24H18N8O/c25-5-4-24(11-15(12-24)13-26)32-30-14-22(31-32)19-8-17(10-21-18(19)2-1-6-28-21)20-9-16(23(27)33)3-7-29-20/h1-3,6-10,14-15H,4,11-12H2,(H2,27,33)/t15-,24+. The molecule has 1 fully saturated rings. The molecule has 1 saturated carbocycles. The van der Waals surface area contributed by atoms with Gasteiger partial charge in [-0.05, 0) is 43.2 Å². The molecule has 0 atom stereocenters. The van der Waals surface area contributed by atoms with Crippen molar-refractivity contribution in [2.45, 2.75) is 24.8 Å². The van der Waals surface area contributed by atoms with Crippen molar-refractivity contribution in [2.75, 3.05) is 0 Å². The Hall–Kier alpha value is -4.63. The second-order valence-corrected chi connectivity index (χ2v) is 8.20. The number of fused-ring (bicyclic) bond motifs is 1. The maximum Gasteiger partial charge on any atom is 0.248 e. The van der Waals surface area contributed by atoms with Crippen LogP contribution in [0.1, 0.15) is 29.6 Å². The number of nitrogens with zero attached hydrogens (tertiary/aromatic N) is 7. The molecule has 9 heteroatoms. The van der Waals surface area contributed by atoms with Crippen LogP contribution in [-0.4, -0.2) is 30.9 Å². The van der Waals surface area contributed by atoms with E-state index in [1.54, 1.807) is 35.5 Å². The summed E-state index contributed by atoms with van der Waals surface area (Å²) in [6.07, 6.45) is 6.26. The molecule has 4 aromatic rings. The zero-order chi connectivity index (χ0) is 23.0. The van der Waals surface area contributed by atoms with E-state index in [0.29, 0.717) is 29.8 Å². The Morgan fingerprint density at radius 1 is 1.15 bits per heavy atom. The lowest BCUT2D eigenvalue weighted by Crippen LogP contribution is -2.47. The van der Waals surface area contributed by atoms with E-state index in [9.17, 15) is 15.3 Å². The first-order valence-corrected chi connectivity index (χ1v) is 10.4.